The molecule has 0 saturated carbocycles. The first-order chi connectivity index (χ1) is 8.08. The van der Waals surface area contributed by atoms with E-state index in [0.717, 1.165) is 13.0 Å². The molecule has 0 aromatic heterocycles. The lowest BCUT2D eigenvalue weighted by Crippen LogP contribution is -2.32. The van der Waals surface area contributed by atoms with E-state index in [0.29, 0.717) is 10.2 Å². The summed E-state index contributed by atoms with van der Waals surface area (Å²) in [5.74, 6) is -0.466. The molecule has 17 heavy (non-hydrogen) atoms. The number of halogens is 2. The maximum Gasteiger partial charge on any atom is 0.229 e. The van der Waals surface area contributed by atoms with E-state index in [2.05, 4.69) is 26.6 Å². The van der Waals surface area contributed by atoms with Gasteiger partial charge in [-0.2, -0.15) is 0 Å². The Labute approximate surface area is 108 Å². The van der Waals surface area contributed by atoms with E-state index in [1.54, 1.807) is 12.1 Å². The molecule has 1 amide bonds. The van der Waals surface area contributed by atoms with E-state index in [1.807, 2.05) is 6.92 Å². The van der Waals surface area contributed by atoms with Crippen molar-refractivity contribution in [2.75, 3.05) is 11.9 Å². The number of carbonyl (C=O) groups excluding carboxylic acids is 1. The number of benzene rings is 1. The lowest BCUT2D eigenvalue weighted by Gasteiger charge is -2.15. The molecule has 1 fully saturated rings. The molecule has 0 spiro atoms. The van der Waals surface area contributed by atoms with Crippen LogP contribution in [0, 0.1) is 11.7 Å². The van der Waals surface area contributed by atoms with E-state index >= 15 is 0 Å². The quantitative estimate of drug-likeness (QED) is 0.881. The highest BCUT2D eigenvalue weighted by Crippen LogP contribution is 2.21. The Morgan fingerprint density at radius 2 is 2.35 bits per heavy atom. The van der Waals surface area contributed by atoms with Crippen molar-refractivity contribution in [2.24, 2.45) is 5.92 Å². The van der Waals surface area contributed by atoms with Crippen molar-refractivity contribution in [3.05, 3.63) is 28.5 Å². The van der Waals surface area contributed by atoms with Crippen molar-refractivity contribution in [1.82, 2.24) is 5.32 Å². The second kappa shape index (κ2) is 5.14. The molecule has 0 aliphatic carbocycles. The van der Waals surface area contributed by atoms with Crippen LogP contribution in [0.1, 0.15) is 13.3 Å². The van der Waals surface area contributed by atoms with Crippen LogP contribution < -0.4 is 10.6 Å². The highest BCUT2D eigenvalue weighted by molar-refractivity contribution is 9.10. The molecule has 1 aliphatic rings. The molecule has 92 valence electrons. The normalized spacial score (nSPS) is 23.7. The average molecular weight is 301 g/mol. The predicted octanol–water partition coefficient (Wildman–Crippen LogP) is 2.52. The van der Waals surface area contributed by atoms with Crippen LogP contribution in [0.2, 0.25) is 0 Å². The Morgan fingerprint density at radius 3 is 2.94 bits per heavy atom. The summed E-state index contributed by atoms with van der Waals surface area (Å²) in [5, 5.41) is 5.96. The van der Waals surface area contributed by atoms with Gasteiger partial charge in [0.2, 0.25) is 5.91 Å². The summed E-state index contributed by atoms with van der Waals surface area (Å²) in [6.45, 7) is 2.84. The van der Waals surface area contributed by atoms with Gasteiger partial charge >= 0.3 is 0 Å². The van der Waals surface area contributed by atoms with E-state index in [-0.39, 0.29) is 23.7 Å². The van der Waals surface area contributed by atoms with Crippen LogP contribution in [0.25, 0.3) is 0 Å². The van der Waals surface area contributed by atoms with E-state index in [1.165, 1.54) is 6.07 Å². The van der Waals surface area contributed by atoms with Crippen molar-refractivity contribution < 1.29 is 9.18 Å². The number of carbonyl (C=O) groups is 1. The van der Waals surface area contributed by atoms with Crippen molar-refractivity contribution in [3.63, 3.8) is 0 Å². The third kappa shape index (κ3) is 2.84. The Bertz CT molecular complexity index is 439. The number of hydrogen-bond acceptors (Lipinski definition) is 2. The summed E-state index contributed by atoms with van der Waals surface area (Å²) in [5.41, 5.74) is 0.495. The van der Waals surface area contributed by atoms with Crippen molar-refractivity contribution in [3.8, 4) is 0 Å². The molecule has 5 heteroatoms. The van der Waals surface area contributed by atoms with Gasteiger partial charge in [-0.3, -0.25) is 4.79 Å². The molecule has 1 aromatic carbocycles. The van der Waals surface area contributed by atoms with Crippen LogP contribution in [0.5, 0.6) is 0 Å². The number of amides is 1. The minimum Gasteiger partial charge on any atom is -0.326 e. The molecule has 0 bridgehead atoms. The minimum atomic E-state index is -0.375. The molecular formula is C12H14BrFN2O. The van der Waals surface area contributed by atoms with Gasteiger partial charge < -0.3 is 10.6 Å². The van der Waals surface area contributed by atoms with Gasteiger partial charge in [-0.15, -0.1) is 0 Å². The molecule has 1 aromatic rings. The smallest absolute Gasteiger partial charge is 0.229 e. The fourth-order valence-electron chi connectivity index (χ4n) is 2.03. The largest absolute Gasteiger partial charge is 0.326 e. The maximum absolute atomic E-state index is 13.3. The van der Waals surface area contributed by atoms with Gasteiger partial charge in [-0.1, -0.05) is 0 Å². The first kappa shape index (κ1) is 12.5. The third-order valence-electron chi connectivity index (χ3n) is 3.05. The molecule has 2 atom stereocenters. The first-order valence-electron chi connectivity index (χ1n) is 5.57. The van der Waals surface area contributed by atoms with Crippen molar-refractivity contribution in [1.29, 1.82) is 0 Å². The van der Waals surface area contributed by atoms with E-state index in [4.69, 9.17) is 0 Å². The first-order valence-corrected chi connectivity index (χ1v) is 6.36. The standard InChI is InChI=1S/C12H14BrFN2O/c1-7-9(4-5-15-7)12(17)16-8-2-3-10(13)11(14)6-8/h2-3,6-7,9,15H,4-5H2,1H3,(H,16,17). The SMILES string of the molecule is CC1NCCC1C(=O)Nc1ccc(Br)c(F)c1. The summed E-state index contributed by atoms with van der Waals surface area (Å²) in [6.07, 6.45) is 0.825. The molecule has 2 unspecified atom stereocenters. The van der Waals surface area contributed by atoms with Crippen LogP contribution in [0.15, 0.2) is 22.7 Å². The Hall–Kier alpha value is -0.940. The molecule has 3 nitrogen and oxygen atoms in total. The fraction of sp³-hybridized carbons (Fsp3) is 0.417. The molecule has 0 radical (unpaired) electrons. The topological polar surface area (TPSA) is 41.1 Å². The minimum absolute atomic E-state index is 0.0401. The van der Waals surface area contributed by atoms with Crippen LogP contribution in [-0.2, 0) is 4.79 Å². The molecule has 2 N–H and O–H groups in total. The number of rotatable bonds is 2. The van der Waals surface area contributed by atoms with Gasteiger partial charge in [0.1, 0.15) is 5.82 Å². The molecule has 1 heterocycles. The number of hydrogen-bond donors (Lipinski definition) is 2. The maximum atomic E-state index is 13.3. The van der Waals surface area contributed by atoms with E-state index in [9.17, 15) is 9.18 Å². The second-order valence-corrected chi connectivity index (χ2v) is 5.11. The summed E-state index contributed by atoms with van der Waals surface area (Å²) >= 11 is 3.07. The number of anilines is 1. The summed E-state index contributed by atoms with van der Waals surface area (Å²) in [4.78, 5) is 11.9. The summed E-state index contributed by atoms with van der Waals surface area (Å²) in [7, 11) is 0. The highest BCUT2D eigenvalue weighted by Gasteiger charge is 2.29. The van der Waals surface area contributed by atoms with Crippen molar-refractivity contribution in [2.45, 2.75) is 19.4 Å². The zero-order chi connectivity index (χ0) is 12.4. The third-order valence-corrected chi connectivity index (χ3v) is 3.69. The highest BCUT2D eigenvalue weighted by atomic mass is 79.9. The Kier molecular flexibility index (Phi) is 3.79. The van der Waals surface area contributed by atoms with Gasteiger partial charge in [0.25, 0.3) is 0 Å². The molecule has 1 saturated heterocycles. The Balaban J connectivity index is 2.05. The van der Waals surface area contributed by atoms with Gasteiger partial charge in [0.15, 0.2) is 0 Å². The van der Waals surface area contributed by atoms with Crippen LogP contribution >= 0.6 is 15.9 Å². The van der Waals surface area contributed by atoms with Gasteiger partial charge in [0.05, 0.1) is 10.4 Å². The summed E-state index contributed by atoms with van der Waals surface area (Å²) in [6, 6.07) is 4.75. The van der Waals surface area contributed by atoms with Gasteiger partial charge in [-0.05, 0) is 54.0 Å². The zero-order valence-corrected chi connectivity index (χ0v) is 11.1. The van der Waals surface area contributed by atoms with Crippen LogP contribution in [-0.4, -0.2) is 18.5 Å². The number of nitrogens with one attached hydrogen (secondary N) is 2. The zero-order valence-electron chi connectivity index (χ0n) is 9.47. The average Bonchev–Trinajstić information content (AvgIpc) is 2.70. The lowest BCUT2D eigenvalue weighted by molar-refractivity contribution is -0.119. The fourth-order valence-corrected chi connectivity index (χ4v) is 2.27. The molecule has 1 aliphatic heterocycles. The predicted molar refractivity (Wildman–Crippen MR) is 68.3 cm³/mol. The van der Waals surface area contributed by atoms with Crippen LogP contribution in [0.3, 0.4) is 0 Å². The van der Waals surface area contributed by atoms with Crippen LogP contribution in [0.4, 0.5) is 10.1 Å². The second-order valence-electron chi connectivity index (χ2n) is 4.26. The monoisotopic (exact) mass is 300 g/mol. The molecular weight excluding hydrogens is 287 g/mol. The lowest BCUT2D eigenvalue weighted by atomic mass is 10.0. The van der Waals surface area contributed by atoms with Crippen molar-refractivity contribution >= 4 is 27.5 Å². The van der Waals surface area contributed by atoms with Gasteiger partial charge in [-0.25, -0.2) is 4.39 Å². The Morgan fingerprint density at radius 1 is 1.59 bits per heavy atom. The summed E-state index contributed by atoms with van der Waals surface area (Å²) < 4.78 is 13.7. The van der Waals surface area contributed by atoms with Gasteiger partial charge in [0, 0.05) is 11.7 Å². The molecule has 2 rings (SSSR count). The van der Waals surface area contributed by atoms with E-state index < -0.39 is 0 Å².